The molecule has 0 fully saturated rings. The van der Waals surface area contributed by atoms with Crippen molar-refractivity contribution in [1.29, 1.82) is 0 Å². The summed E-state index contributed by atoms with van der Waals surface area (Å²) >= 11 is 0.961. The number of carbonyl (C=O) groups excluding carboxylic acids is 1. The molecule has 0 aliphatic heterocycles. The van der Waals surface area contributed by atoms with Crippen molar-refractivity contribution in [3.8, 4) is 0 Å². The average Bonchev–Trinajstić information content (AvgIpc) is 3.00. The van der Waals surface area contributed by atoms with E-state index < -0.39 is 5.97 Å². The number of hydrogen-bond donors (Lipinski definition) is 2. The molecular formula is C13H14N2O4S. The van der Waals surface area contributed by atoms with Gasteiger partial charge < -0.3 is 14.9 Å². The summed E-state index contributed by atoms with van der Waals surface area (Å²) in [6.45, 7) is 4.13. The van der Waals surface area contributed by atoms with Gasteiger partial charge >= 0.3 is 5.97 Å². The Balaban J connectivity index is 1.90. The fourth-order valence-corrected chi connectivity index (χ4v) is 2.58. The van der Waals surface area contributed by atoms with Crippen molar-refractivity contribution in [3.63, 3.8) is 0 Å². The number of rotatable bonds is 5. The lowest BCUT2D eigenvalue weighted by atomic mass is 10.1. The van der Waals surface area contributed by atoms with Crippen molar-refractivity contribution in [1.82, 2.24) is 10.5 Å². The van der Waals surface area contributed by atoms with Gasteiger partial charge in [-0.2, -0.15) is 0 Å². The van der Waals surface area contributed by atoms with Crippen LogP contribution in [0.3, 0.4) is 0 Å². The Labute approximate surface area is 119 Å². The smallest absolute Gasteiger partial charge is 0.345 e. The van der Waals surface area contributed by atoms with E-state index >= 15 is 0 Å². The van der Waals surface area contributed by atoms with Crippen LogP contribution in [-0.2, 0) is 6.42 Å². The number of hydrogen-bond acceptors (Lipinski definition) is 5. The van der Waals surface area contributed by atoms with Crippen molar-refractivity contribution in [2.45, 2.75) is 20.3 Å². The van der Waals surface area contributed by atoms with Gasteiger partial charge in [-0.15, -0.1) is 11.3 Å². The molecule has 7 heteroatoms. The van der Waals surface area contributed by atoms with E-state index in [1.165, 1.54) is 12.1 Å². The van der Waals surface area contributed by atoms with Gasteiger partial charge in [0, 0.05) is 12.1 Å². The van der Waals surface area contributed by atoms with E-state index in [1.807, 2.05) is 13.8 Å². The Morgan fingerprint density at radius 2 is 2.05 bits per heavy atom. The number of nitrogens with zero attached hydrogens (tertiary/aromatic N) is 1. The highest BCUT2D eigenvalue weighted by Gasteiger charge is 2.13. The monoisotopic (exact) mass is 294 g/mol. The maximum absolute atomic E-state index is 11.8. The van der Waals surface area contributed by atoms with Crippen molar-refractivity contribution in [2.24, 2.45) is 0 Å². The number of carboxylic acid groups (broad SMARTS) is 1. The summed E-state index contributed by atoms with van der Waals surface area (Å²) < 4.78 is 5.04. The van der Waals surface area contributed by atoms with Crippen molar-refractivity contribution < 1.29 is 19.2 Å². The van der Waals surface area contributed by atoms with Crippen LogP contribution in [0.2, 0.25) is 0 Å². The summed E-state index contributed by atoms with van der Waals surface area (Å²) in [7, 11) is 0. The minimum atomic E-state index is -1.02. The number of carbonyl (C=O) groups is 2. The van der Waals surface area contributed by atoms with Crippen molar-refractivity contribution in [2.75, 3.05) is 6.54 Å². The van der Waals surface area contributed by atoms with Gasteiger partial charge in [0.25, 0.3) is 5.91 Å². The molecule has 2 rings (SSSR count). The molecule has 1 amide bonds. The normalized spacial score (nSPS) is 10.5. The number of aromatic nitrogens is 1. The number of aromatic carboxylic acids is 1. The van der Waals surface area contributed by atoms with Gasteiger partial charge in [0.1, 0.15) is 10.6 Å². The summed E-state index contributed by atoms with van der Waals surface area (Å²) in [6.07, 6.45) is 0.629. The molecule has 0 aliphatic rings. The SMILES string of the molecule is Cc1noc(C)c1CCNC(=O)c1ccc(C(=O)O)s1. The number of nitrogens with one attached hydrogen (secondary N) is 1. The maximum Gasteiger partial charge on any atom is 0.345 e. The van der Waals surface area contributed by atoms with Crippen LogP contribution in [0.1, 0.15) is 36.4 Å². The van der Waals surface area contributed by atoms with Crippen molar-refractivity contribution in [3.05, 3.63) is 38.9 Å². The zero-order valence-corrected chi connectivity index (χ0v) is 11.9. The van der Waals surface area contributed by atoms with Gasteiger partial charge in [0.15, 0.2) is 0 Å². The molecule has 2 heterocycles. The number of amides is 1. The predicted molar refractivity (Wildman–Crippen MR) is 73.3 cm³/mol. The molecule has 0 radical (unpaired) electrons. The molecule has 20 heavy (non-hydrogen) atoms. The molecule has 2 aromatic rings. The van der Waals surface area contributed by atoms with Crippen LogP contribution in [0.4, 0.5) is 0 Å². The van der Waals surface area contributed by atoms with Crippen LogP contribution >= 0.6 is 11.3 Å². The number of aryl methyl sites for hydroxylation is 2. The first-order chi connectivity index (χ1) is 9.49. The van der Waals surface area contributed by atoms with Crippen LogP contribution in [0.25, 0.3) is 0 Å². The minimum Gasteiger partial charge on any atom is -0.477 e. The van der Waals surface area contributed by atoms with Gasteiger partial charge in [-0.05, 0) is 32.4 Å². The molecule has 2 N–H and O–H groups in total. The molecule has 0 saturated carbocycles. The summed E-state index contributed by atoms with van der Waals surface area (Å²) in [4.78, 5) is 23.1. The number of carboxylic acids is 1. The Morgan fingerprint density at radius 3 is 2.60 bits per heavy atom. The summed E-state index contributed by atoms with van der Waals surface area (Å²) in [6, 6.07) is 2.94. The van der Waals surface area contributed by atoms with Gasteiger partial charge in [-0.25, -0.2) is 4.79 Å². The van der Waals surface area contributed by atoms with E-state index in [4.69, 9.17) is 9.63 Å². The lowest BCUT2D eigenvalue weighted by Crippen LogP contribution is -2.25. The molecule has 0 atom stereocenters. The lowest BCUT2D eigenvalue weighted by molar-refractivity contribution is 0.0702. The molecule has 0 bridgehead atoms. The second-order valence-corrected chi connectivity index (χ2v) is 5.36. The zero-order valence-electron chi connectivity index (χ0n) is 11.1. The first-order valence-corrected chi connectivity index (χ1v) is 6.83. The van der Waals surface area contributed by atoms with Gasteiger partial charge in [-0.3, -0.25) is 4.79 Å². The molecule has 0 unspecified atom stereocenters. The fraction of sp³-hybridized carbons (Fsp3) is 0.308. The van der Waals surface area contributed by atoms with Crippen LogP contribution < -0.4 is 5.32 Å². The Hall–Kier alpha value is -2.15. The molecule has 0 aliphatic carbocycles. The molecule has 0 saturated heterocycles. The van der Waals surface area contributed by atoms with Crippen LogP contribution in [0.15, 0.2) is 16.7 Å². The first-order valence-electron chi connectivity index (χ1n) is 6.02. The summed E-state index contributed by atoms with van der Waals surface area (Å²) in [5.74, 6) is -0.542. The highest BCUT2D eigenvalue weighted by atomic mass is 32.1. The lowest BCUT2D eigenvalue weighted by Gasteiger charge is -2.03. The zero-order chi connectivity index (χ0) is 14.7. The van der Waals surface area contributed by atoms with Gasteiger partial charge in [0.2, 0.25) is 0 Å². The molecule has 0 spiro atoms. The second-order valence-electron chi connectivity index (χ2n) is 4.28. The van der Waals surface area contributed by atoms with E-state index in [1.54, 1.807) is 0 Å². The maximum atomic E-state index is 11.8. The van der Waals surface area contributed by atoms with Crippen LogP contribution in [0.5, 0.6) is 0 Å². The highest BCUT2D eigenvalue weighted by Crippen LogP contribution is 2.16. The number of thiophene rings is 1. The third kappa shape index (κ3) is 3.05. The highest BCUT2D eigenvalue weighted by molar-refractivity contribution is 7.15. The largest absolute Gasteiger partial charge is 0.477 e. The van der Waals surface area contributed by atoms with Crippen molar-refractivity contribution >= 4 is 23.2 Å². The molecule has 2 aromatic heterocycles. The van der Waals surface area contributed by atoms with Crippen LogP contribution in [-0.4, -0.2) is 28.7 Å². The molecule has 106 valence electrons. The Bertz CT molecular complexity index is 625. The van der Waals surface area contributed by atoms with E-state index in [-0.39, 0.29) is 10.8 Å². The molecule has 0 aromatic carbocycles. The minimum absolute atomic E-state index is 0.154. The third-order valence-electron chi connectivity index (χ3n) is 2.88. The quantitative estimate of drug-likeness (QED) is 0.880. The first kappa shape index (κ1) is 14.3. The van der Waals surface area contributed by atoms with E-state index in [0.717, 1.165) is 28.4 Å². The summed E-state index contributed by atoms with van der Waals surface area (Å²) in [5, 5.41) is 15.4. The average molecular weight is 294 g/mol. The Morgan fingerprint density at radius 1 is 1.35 bits per heavy atom. The summed E-state index contributed by atoms with van der Waals surface area (Å²) in [5.41, 5.74) is 1.81. The molecule has 6 nitrogen and oxygen atoms in total. The molecular weight excluding hydrogens is 280 g/mol. The van der Waals surface area contributed by atoms with Gasteiger partial charge in [0.05, 0.1) is 10.6 Å². The predicted octanol–water partition coefficient (Wildman–Crippen LogP) is 2.02. The van der Waals surface area contributed by atoms with Crippen LogP contribution in [0, 0.1) is 13.8 Å². The Kier molecular flexibility index (Phi) is 4.19. The third-order valence-corrected chi connectivity index (χ3v) is 3.95. The van der Waals surface area contributed by atoms with Gasteiger partial charge in [-0.1, -0.05) is 5.16 Å². The van der Waals surface area contributed by atoms with E-state index in [9.17, 15) is 9.59 Å². The topological polar surface area (TPSA) is 92.4 Å². The second kappa shape index (κ2) is 5.87. The standard InChI is InChI=1S/C13H14N2O4S/c1-7-9(8(2)19-15-7)5-6-14-12(16)10-3-4-11(20-10)13(17)18/h3-4H,5-6H2,1-2H3,(H,14,16)(H,17,18). The fourth-order valence-electron chi connectivity index (χ4n) is 1.82. The van der Waals surface area contributed by atoms with E-state index in [0.29, 0.717) is 17.8 Å². The van der Waals surface area contributed by atoms with E-state index in [2.05, 4.69) is 10.5 Å².